The van der Waals surface area contributed by atoms with Crippen LogP contribution in [0.25, 0.3) is 0 Å². The van der Waals surface area contributed by atoms with Crippen LogP contribution in [0.4, 0.5) is 0 Å². The Morgan fingerprint density at radius 1 is 1.42 bits per heavy atom. The Morgan fingerprint density at radius 3 is 2.67 bits per heavy atom. The molecule has 6 heteroatoms. The number of aromatic nitrogens is 2. The van der Waals surface area contributed by atoms with Gasteiger partial charge in [-0.2, -0.15) is 5.10 Å². The summed E-state index contributed by atoms with van der Waals surface area (Å²) in [5.41, 5.74) is 2.85. The molecule has 1 fully saturated rings. The van der Waals surface area contributed by atoms with E-state index >= 15 is 0 Å². The van der Waals surface area contributed by atoms with Crippen molar-refractivity contribution in [2.45, 2.75) is 52.5 Å². The SMILES string of the molecule is Cc1cc([C@H](C)C(=O)N2CCC[C@@H]2c2c(C)nn(C)c2Cl)c(C)o1. The van der Waals surface area contributed by atoms with Gasteiger partial charge >= 0.3 is 0 Å². The number of furan rings is 1. The average molecular weight is 350 g/mol. The first-order valence-electron chi connectivity index (χ1n) is 8.37. The zero-order chi connectivity index (χ0) is 17.6. The van der Waals surface area contributed by atoms with Crippen molar-refractivity contribution in [3.8, 4) is 0 Å². The van der Waals surface area contributed by atoms with Gasteiger partial charge in [-0.25, -0.2) is 0 Å². The van der Waals surface area contributed by atoms with E-state index in [2.05, 4.69) is 5.10 Å². The second kappa shape index (κ2) is 6.28. The van der Waals surface area contributed by atoms with E-state index in [9.17, 15) is 4.79 Å². The molecule has 0 spiro atoms. The summed E-state index contributed by atoms with van der Waals surface area (Å²) >= 11 is 6.44. The van der Waals surface area contributed by atoms with Crippen LogP contribution in [-0.4, -0.2) is 27.1 Å². The molecule has 1 aliphatic heterocycles. The molecule has 2 atom stereocenters. The van der Waals surface area contributed by atoms with Crippen LogP contribution in [0.3, 0.4) is 0 Å². The average Bonchev–Trinajstić information content (AvgIpc) is 3.17. The molecule has 1 amide bonds. The fraction of sp³-hybridized carbons (Fsp3) is 0.556. The van der Waals surface area contributed by atoms with Gasteiger partial charge in [-0.15, -0.1) is 0 Å². The van der Waals surface area contributed by atoms with E-state index in [4.69, 9.17) is 16.0 Å². The van der Waals surface area contributed by atoms with E-state index in [0.29, 0.717) is 5.15 Å². The third kappa shape index (κ3) is 2.75. The van der Waals surface area contributed by atoms with Crippen molar-refractivity contribution in [3.63, 3.8) is 0 Å². The van der Waals surface area contributed by atoms with Crippen LogP contribution in [0.1, 0.15) is 60.1 Å². The number of carbonyl (C=O) groups excluding carboxylic acids is 1. The van der Waals surface area contributed by atoms with Crippen LogP contribution < -0.4 is 0 Å². The summed E-state index contributed by atoms with van der Waals surface area (Å²) in [5.74, 6) is 1.56. The molecule has 3 rings (SSSR count). The predicted octanol–water partition coefficient (Wildman–Crippen LogP) is 4.06. The van der Waals surface area contributed by atoms with Gasteiger partial charge in [0.15, 0.2) is 0 Å². The van der Waals surface area contributed by atoms with Crippen molar-refractivity contribution in [2.75, 3.05) is 6.54 Å². The van der Waals surface area contributed by atoms with Crippen LogP contribution in [0.15, 0.2) is 10.5 Å². The van der Waals surface area contributed by atoms with Gasteiger partial charge in [0.25, 0.3) is 0 Å². The molecule has 24 heavy (non-hydrogen) atoms. The van der Waals surface area contributed by atoms with Gasteiger partial charge in [0, 0.05) is 24.7 Å². The Hall–Kier alpha value is -1.75. The van der Waals surface area contributed by atoms with Gasteiger partial charge in [-0.05, 0) is 46.6 Å². The molecule has 3 heterocycles. The number of carbonyl (C=O) groups is 1. The standard InChI is InChI=1S/C18H24ClN3O2/c1-10-9-14(13(4)24-10)11(2)18(23)22-8-6-7-15(22)16-12(3)20-21(5)17(16)19/h9,11,15H,6-8H2,1-5H3/t11-,15+/m0/s1. The molecule has 1 saturated heterocycles. The van der Waals surface area contributed by atoms with Gasteiger partial charge in [0.1, 0.15) is 16.7 Å². The van der Waals surface area contributed by atoms with Crippen LogP contribution in [0, 0.1) is 20.8 Å². The number of rotatable bonds is 3. The lowest BCUT2D eigenvalue weighted by atomic mass is 9.98. The van der Waals surface area contributed by atoms with Gasteiger partial charge in [-0.1, -0.05) is 11.6 Å². The normalized spacial score (nSPS) is 19.1. The highest BCUT2D eigenvalue weighted by atomic mass is 35.5. The van der Waals surface area contributed by atoms with E-state index in [1.165, 1.54) is 0 Å². The second-order valence-electron chi connectivity index (χ2n) is 6.69. The summed E-state index contributed by atoms with van der Waals surface area (Å²) in [6.07, 6.45) is 1.91. The van der Waals surface area contributed by atoms with Crippen LogP contribution >= 0.6 is 11.6 Å². The number of aryl methyl sites for hydroxylation is 4. The lowest BCUT2D eigenvalue weighted by molar-refractivity contribution is -0.133. The largest absolute Gasteiger partial charge is 0.466 e. The smallest absolute Gasteiger partial charge is 0.230 e. The van der Waals surface area contributed by atoms with E-state index < -0.39 is 0 Å². The summed E-state index contributed by atoms with van der Waals surface area (Å²) < 4.78 is 7.28. The zero-order valence-electron chi connectivity index (χ0n) is 14.9. The van der Waals surface area contributed by atoms with Gasteiger partial charge in [0.05, 0.1) is 17.7 Å². The third-order valence-electron chi connectivity index (χ3n) is 4.98. The van der Waals surface area contributed by atoms with Crippen molar-refractivity contribution in [1.29, 1.82) is 0 Å². The molecule has 1 aliphatic rings. The molecule has 0 aliphatic carbocycles. The molecule has 0 bridgehead atoms. The predicted molar refractivity (Wildman–Crippen MR) is 93.2 cm³/mol. The van der Waals surface area contributed by atoms with E-state index in [1.807, 2.05) is 45.7 Å². The maximum absolute atomic E-state index is 13.1. The first-order valence-corrected chi connectivity index (χ1v) is 8.75. The minimum Gasteiger partial charge on any atom is -0.466 e. The molecular formula is C18H24ClN3O2. The van der Waals surface area contributed by atoms with Gasteiger partial charge in [-0.3, -0.25) is 9.48 Å². The number of hydrogen-bond donors (Lipinski definition) is 0. The Kier molecular flexibility index (Phi) is 4.47. The first-order chi connectivity index (χ1) is 11.3. The number of nitrogens with zero attached hydrogens (tertiary/aromatic N) is 3. The Labute approximate surface area is 147 Å². The van der Waals surface area contributed by atoms with E-state index in [0.717, 1.165) is 47.7 Å². The summed E-state index contributed by atoms with van der Waals surface area (Å²) in [4.78, 5) is 15.1. The third-order valence-corrected chi connectivity index (χ3v) is 5.43. The van der Waals surface area contributed by atoms with E-state index in [-0.39, 0.29) is 17.9 Å². The van der Waals surface area contributed by atoms with Crippen LogP contribution in [-0.2, 0) is 11.8 Å². The molecule has 2 aromatic heterocycles. The molecule has 2 aromatic rings. The molecule has 0 N–H and O–H groups in total. The Bertz CT molecular complexity index is 778. The molecule has 130 valence electrons. The summed E-state index contributed by atoms with van der Waals surface area (Å²) in [6.45, 7) is 8.48. The highest BCUT2D eigenvalue weighted by molar-refractivity contribution is 6.30. The van der Waals surface area contributed by atoms with Crippen molar-refractivity contribution in [2.24, 2.45) is 7.05 Å². The first kappa shape index (κ1) is 17.1. The Morgan fingerprint density at radius 2 is 2.12 bits per heavy atom. The summed E-state index contributed by atoms with van der Waals surface area (Å²) in [7, 11) is 1.83. The molecular weight excluding hydrogens is 326 g/mol. The van der Waals surface area contributed by atoms with Crippen molar-refractivity contribution >= 4 is 17.5 Å². The summed E-state index contributed by atoms with van der Waals surface area (Å²) in [6, 6.07) is 1.97. The van der Waals surface area contributed by atoms with Gasteiger partial charge in [0.2, 0.25) is 5.91 Å². The highest BCUT2D eigenvalue weighted by Crippen LogP contribution is 2.39. The molecule has 0 unspecified atom stereocenters. The molecule has 0 radical (unpaired) electrons. The Balaban J connectivity index is 1.90. The second-order valence-corrected chi connectivity index (χ2v) is 7.05. The van der Waals surface area contributed by atoms with Crippen molar-refractivity contribution in [3.05, 3.63) is 39.6 Å². The molecule has 5 nitrogen and oxygen atoms in total. The van der Waals surface area contributed by atoms with E-state index in [1.54, 1.807) is 4.68 Å². The fourth-order valence-electron chi connectivity index (χ4n) is 3.82. The number of hydrogen-bond acceptors (Lipinski definition) is 3. The van der Waals surface area contributed by atoms with Crippen molar-refractivity contribution in [1.82, 2.24) is 14.7 Å². The topological polar surface area (TPSA) is 51.3 Å². The number of likely N-dealkylation sites (tertiary alicyclic amines) is 1. The molecule has 0 aromatic carbocycles. The number of halogens is 1. The monoisotopic (exact) mass is 349 g/mol. The summed E-state index contributed by atoms with van der Waals surface area (Å²) in [5, 5.41) is 5.03. The zero-order valence-corrected chi connectivity index (χ0v) is 15.6. The molecule has 0 saturated carbocycles. The van der Waals surface area contributed by atoms with Crippen molar-refractivity contribution < 1.29 is 9.21 Å². The highest BCUT2D eigenvalue weighted by Gasteiger charge is 2.36. The van der Waals surface area contributed by atoms with Crippen LogP contribution in [0.2, 0.25) is 5.15 Å². The van der Waals surface area contributed by atoms with Gasteiger partial charge < -0.3 is 9.32 Å². The lowest BCUT2D eigenvalue weighted by Crippen LogP contribution is -2.34. The maximum Gasteiger partial charge on any atom is 0.230 e. The lowest BCUT2D eigenvalue weighted by Gasteiger charge is -2.27. The minimum absolute atomic E-state index is 0.00875. The maximum atomic E-state index is 13.1. The minimum atomic E-state index is -0.223. The fourth-order valence-corrected chi connectivity index (χ4v) is 4.12. The number of amides is 1. The quantitative estimate of drug-likeness (QED) is 0.839. The van der Waals surface area contributed by atoms with Crippen LogP contribution in [0.5, 0.6) is 0 Å².